The summed E-state index contributed by atoms with van der Waals surface area (Å²) in [6.45, 7) is 6.54. The van der Waals surface area contributed by atoms with E-state index in [4.69, 9.17) is 4.74 Å². The lowest BCUT2D eigenvalue weighted by Crippen LogP contribution is -2.53. The van der Waals surface area contributed by atoms with Crippen molar-refractivity contribution in [3.63, 3.8) is 0 Å². The van der Waals surface area contributed by atoms with E-state index in [1.54, 1.807) is 0 Å². The Kier molecular flexibility index (Phi) is 4.55. The van der Waals surface area contributed by atoms with Crippen LogP contribution >= 0.6 is 12.6 Å². The minimum absolute atomic E-state index is 0.190. The summed E-state index contributed by atoms with van der Waals surface area (Å²) in [5.41, 5.74) is -0.460. The maximum Gasteiger partial charge on any atom is 0.410 e. The van der Waals surface area contributed by atoms with Crippen molar-refractivity contribution in [2.75, 3.05) is 12.3 Å². The van der Waals surface area contributed by atoms with Gasteiger partial charge in [-0.2, -0.15) is 12.6 Å². The Balaban J connectivity index is 1.65. The van der Waals surface area contributed by atoms with Crippen LogP contribution in [0.15, 0.2) is 0 Å². The van der Waals surface area contributed by atoms with Gasteiger partial charge in [-0.05, 0) is 58.1 Å². The standard InChI is InChI=1S/C17H28N2O3S/c1-17(2,3)22-16(21)19-12-4-5-13(19)8-14(7-12)18-9-11(10-23)6-15(18)20/h11-14,23H,4-10H2,1-3H3/t11?,12-,13+,14?. The monoisotopic (exact) mass is 340 g/mol. The number of thiol groups is 1. The molecule has 2 bridgehead atoms. The van der Waals surface area contributed by atoms with Gasteiger partial charge in [0.15, 0.2) is 0 Å². The van der Waals surface area contributed by atoms with E-state index < -0.39 is 5.60 Å². The molecule has 130 valence electrons. The summed E-state index contributed by atoms with van der Waals surface area (Å²) in [6, 6.07) is 0.719. The lowest BCUT2D eigenvalue weighted by Gasteiger charge is -2.42. The summed E-state index contributed by atoms with van der Waals surface area (Å²) in [4.78, 5) is 28.7. The first kappa shape index (κ1) is 16.9. The maximum absolute atomic E-state index is 12.5. The van der Waals surface area contributed by atoms with Gasteiger partial charge in [0, 0.05) is 31.1 Å². The molecule has 0 N–H and O–H groups in total. The van der Waals surface area contributed by atoms with Gasteiger partial charge in [0.05, 0.1) is 0 Å². The molecular formula is C17H28N2O3S. The van der Waals surface area contributed by atoms with Gasteiger partial charge in [-0.1, -0.05) is 0 Å². The van der Waals surface area contributed by atoms with Crippen LogP contribution in [0.2, 0.25) is 0 Å². The van der Waals surface area contributed by atoms with E-state index in [-0.39, 0.29) is 30.1 Å². The Morgan fingerprint density at radius 1 is 1.22 bits per heavy atom. The fraction of sp³-hybridized carbons (Fsp3) is 0.882. The lowest BCUT2D eigenvalue weighted by atomic mass is 9.96. The molecule has 0 aromatic carbocycles. The second-order valence-electron chi connectivity index (χ2n) is 8.20. The first-order chi connectivity index (χ1) is 10.8. The van der Waals surface area contributed by atoms with Gasteiger partial charge >= 0.3 is 6.09 Å². The summed E-state index contributed by atoms with van der Waals surface area (Å²) >= 11 is 4.34. The van der Waals surface area contributed by atoms with E-state index in [1.165, 1.54) is 0 Å². The van der Waals surface area contributed by atoms with Gasteiger partial charge in [-0.25, -0.2) is 4.79 Å². The van der Waals surface area contributed by atoms with Gasteiger partial charge in [0.2, 0.25) is 5.91 Å². The molecular weight excluding hydrogens is 312 g/mol. The minimum Gasteiger partial charge on any atom is -0.444 e. The van der Waals surface area contributed by atoms with Crippen LogP contribution in [0.25, 0.3) is 0 Å². The summed E-state index contributed by atoms with van der Waals surface area (Å²) < 4.78 is 5.57. The molecule has 0 aliphatic carbocycles. The fourth-order valence-electron chi connectivity index (χ4n) is 4.30. The Hall–Kier alpha value is -0.910. The van der Waals surface area contributed by atoms with Gasteiger partial charge < -0.3 is 14.5 Å². The first-order valence-corrected chi connectivity index (χ1v) is 9.33. The molecule has 3 saturated heterocycles. The smallest absolute Gasteiger partial charge is 0.410 e. The molecule has 2 amide bonds. The molecule has 0 spiro atoms. The Morgan fingerprint density at radius 3 is 2.30 bits per heavy atom. The van der Waals surface area contributed by atoms with E-state index in [2.05, 4.69) is 17.5 Å². The molecule has 6 heteroatoms. The molecule has 5 nitrogen and oxygen atoms in total. The number of nitrogens with zero attached hydrogens (tertiary/aromatic N) is 2. The van der Waals surface area contributed by atoms with Gasteiger partial charge in [-0.15, -0.1) is 0 Å². The number of rotatable bonds is 2. The molecule has 3 fully saturated rings. The molecule has 4 atom stereocenters. The van der Waals surface area contributed by atoms with Gasteiger partial charge in [0.25, 0.3) is 0 Å². The Labute approximate surface area is 144 Å². The van der Waals surface area contributed by atoms with Crippen LogP contribution in [0.5, 0.6) is 0 Å². The second-order valence-corrected chi connectivity index (χ2v) is 8.56. The van der Waals surface area contributed by atoms with E-state index in [0.29, 0.717) is 12.3 Å². The van der Waals surface area contributed by atoms with E-state index >= 15 is 0 Å². The largest absolute Gasteiger partial charge is 0.444 e. The highest BCUT2D eigenvalue weighted by Gasteiger charge is 2.48. The summed E-state index contributed by atoms with van der Waals surface area (Å²) in [5.74, 6) is 1.41. The van der Waals surface area contributed by atoms with Crippen LogP contribution in [-0.2, 0) is 9.53 Å². The van der Waals surface area contributed by atoms with Crippen LogP contribution in [0.4, 0.5) is 4.79 Å². The predicted molar refractivity (Wildman–Crippen MR) is 91.6 cm³/mol. The van der Waals surface area contributed by atoms with Crippen molar-refractivity contribution in [3.05, 3.63) is 0 Å². The first-order valence-electron chi connectivity index (χ1n) is 8.70. The zero-order valence-corrected chi connectivity index (χ0v) is 15.2. The molecule has 3 aliphatic heterocycles. The molecule has 2 unspecified atom stereocenters. The molecule has 0 aromatic heterocycles. The van der Waals surface area contributed by atoms with Crippen molar-refractivity contribution in [2.24, 2.45) is 5.92 Å². The highest BCUT2D eigenvalue weighted by molar-refractivity contribution is 7.80. The molecule has 0 radical (unpaired) electrons. The number of piperidine rings is 1. The molecule has 23 heavy (non-hydrogen) atoms. The summed E-state index contributed by atoms with van der Waals surface area (Å²) in [5, 5.41) is 0. The summed E-state index contributed by atoms with van der Waals surface area (Å²) in [7, 11) is 0. The number of ether oxygens (including phenoxy) is 1. The van der Waals surface area contributed by atoms with Crippen molar-refractivity contribution in [2.45, 2.75) is 76.6 Å². The molecule has 0 aromatic rings. The minimum atomic E-state index is -0.460. The van der Waals surface area contributed by atoms with Crippen molar-refractivity contribution >= 4 is 24.6 Å². The normalized spacial score (nSPS) is 34.2. The lowest BCUT2D eigenvalue weighted by molar-refractivity contribution is -0.130. The van der Waals surface area contributed by atoms with E-state index in [9.17, 15) is 9.59 Å². The average molecular weight is 340 g/mol. The number of hydrogen-bond acceptors (Lipinski definition) is 4. The fourth-order valence-corrected chi connectivity index (χ4v) is 4.54. The van der Waals surface area contributed by atoms with Gasteiger partial charge in [-0.3, -0.25) is 4.79 Å². The Morgan fingerprint density at radius 2 is 1.83 bits per heavy atom. The number of hydrogen-bond donors (Lipinski definition) is 1. The molecule has 3 heterocycles. The number of likely N-dealkylation sites (tertiary alicyclic amines) is 1. The SMILES string of the molecule is CC(C)(C)OC(=O)N1[C@@H]2CC[C@H]1CC(N1CC(CS)CC1=O)C2. The summed E-state index contributed by atoms with van der Waals surface area (Å²) in [6.07, 6.45) is 4.27. The molecule has 3 aliphatic rings. The maximum atomic E-state index is 12.5. The number of carbonyl (C=O) groups excluding carboxylic acids is 2. The van der Waals surface area contributed by atoms with Crippen molar-refractivity contribution in [1.82, 2.24) is 9.80 Å². The molecule has 3 rings (SSSR count). The zero-order valence-electron chi connectivity index (χ0n) is 14.3. The van der Waals surface area contributed by atoms with E-state index in [1.807, 2.05) is 25.7 Å². The topological polar surface area (TPSA) is 49.9 Å². The average Bonchev–Trinajstić information content (AvgIpc) is 2.95. The highest BCUT2D eigenvalue weighted by atomic mass is 32.1. The van der Waals surface area contributed by atoms with Crippen LogP contribution in [0.3, 0.4) is 0 Å². The third-order valence-electron chi connectivity index (χ3n) is 5.25. The van der Waals surface area contributed by atoms with Crippen molar-refractivity contribution < 1.29 is 14.3 Å². The number of carbonyl (C=O) groups is 2. The van der Waals surface area contributed by atoms with Crippen LogP contribution < -0.4 is 0 Å². The van der Waals surface area contributed by atoms with Crippen LogP contribution in [0.1, 0.15) is 52.9 Å². The third kappa shape index (κ3) is 3.47. The Bertz CT molecular complexity index is 477. The highest BCUT2D eigenvalue weighted by Crippen LogP contribution is 2.40. The third-order valence-corrected chi connectivity index (χ3v) is 5.77. The van der Waals surface area contributed by atoms with Gasteiger partial charge in [0.1, 0.15) is 5.60 Å². The van der Waals surface area contributed by atoms with Crippen molar-refractivity contribution in [1.29, 1.82) is 0 Å². The number of fused-ring (bicyclic) bond motifs is 2. The van der Waals surface area contributed by atoms with Crippen LogP contribution in [0, 0.1) is 5.92 Å². The predicted octanol–water partition coefficient (Wildman–Crippen LogP) is 2.70. The number of amides is 2. The molecule has 0 saturated carbocycles. The van der Waals surface area contributed by atoms with E-state index in [0.717, 1.165) is 38.0 Å². The van der Waals surface area contributed by atoms with Crippen molar-refractivity contribution in [3.8, 4) is 0 Å². The quantitative estimate of drug-likeness (QED) is 0.786. The zero-order chi connectivity index (χ0) is 16.8. The van der Waals surface area contributed by atoms with Crippen LogP contribution in [-0.4, -0.2) is 57.8 Å². The second kappa shape index (κ2) is 6.19.